The van der Waals surface area contributed by atoms with Crippen LogP contribution in [0.1, 0.15) is 18.9 Å². The first-order valence-electron chi connectivity index (χ1n) is 5.21. The van der Waals surface area contributed by atoms with Crippen molar-refractivity contribution in [3.8, 4) is 6.07 Å². The van der Waals surface area contributed by atoms with E-state index in [0.29, 0.717) is 11.5 Å². The number of nitrogens with zero attached hydrogens (tertiary/aromatic N) is 1. The van der Waals surface area contributed by atoms with Gasteiger partial charge in [-0.25, -0.2) is 0 Å². The first kappa shape index (κ1) is 13.0. The third kappa shape index (κ3) is 3.84. The fourth-order valence-corrected chi connectivity index (χ4v) is 1.73. The molecule has 0 spiro atoms. The van der Waals surface area contributed by atoms with Gasteiger partial charge in [0.25, 0.3) is 0 Å². The highest BCUT2D eigenvalue weighted by molar-refractivity contribution is 9.10. The normalized spacial score (nSPS) is 11.9. The lowest BCUT2D eigenvalue weighted by Gasteiger charge is -2.13. The largest absolute Gasteiger partial charge is 0.396 e. The third-order valence-corrected chi connectivity index (χ3v) is 2.86. The summed E-state index contributed by atoms with van der Waals surface area (Å²) in [6.07, 6.45) is 0.767. The fourth-order valence-electron chi connectivity index (χ4n) is 1.37. The standard InChI is InChI=1S/C12H15BrN2O/c1-9(4-5-16)8-15-12-6-11(13)3-2-10(12)7-14/h2-3,6,9,15-16H,4-5,8H2,1H3. The highest BCUT2D eigenvalue weighted by Crippen LogP contribution is 2.21. The molecule has 1 atom stereocenters. The van der Waals surface area contributed by atoms with Gasteiger partial charge >= 0.3 is 0 Å². The Labute approximate surface area is 104 Å². The summed E-state index contributed by atoms with van der Waals surface area (Å²) in [4.78, 5) is 0. The summed E-state index contributed by atoms with van der Waals surface area (Å²) in [5, 5.41) is 20.9. The Morgan fingerprint density at radius 3 is 2.94 bits per heavy atom. The van der Waals surface area contributed by atoms with E-state index in [1.807, 2.05) is 12.1 Å². The third-order valence-electron chi connectivity index (χ3n) is 2.36. The van der Waals surface area contributed by atoms with Gasteiger partial charge in [-0.3, -0.25) is 0 Å². The summed E-state index contributed by atoms with van der Waals surface area (Å²) in [5.74, 6) is 0.385. The molecule has 3 nitrogen and oxygen atoms in total. The zero-order valence-electron chi connectivity index (χ0n) is 9.20. The van der Waals surface area contributed by atoms with Gasteiger partial charge in [0.15, 0.2) is 0 Å². The van der Waals surface area contributed by atoms with Crippen molar-refractivity contribution in [3.05, 3.63) is 28.2 Å². The van der Waals surface area contributed by atoms with Gasteiger partial charge in [0.2, 0.25) is 0 Å². The van der Waals surface area contributed by atoms with E-state index in [2.05, 4.69) is 34.2 Å². The fraction of sp³-hybridized carbons (Fsp3) is 0.417. The van der Waals surface area contributed by atoms with Crippen LogP contribution in [0.2, 0.25) is 0 Å². The van der Waals surface area contributed by atoms with Gasteiger partial charge in [-0.05, 0) is 30.5 Å². The molecule has 0 heterocycles. The maximum atomic E-state index is 8.93. The van der Waals surface area contributed by atoms with Crippen molar-refractivity contribution in [1.82, 2.24) is 0 Å². The Hall–Kier alpha value is -1.05. The molecular formula is C12H15BrN2O. The molecule has 2 N–H and O–H groups in total. The van der Waals surface area contributed by atoms with Gasteiger partial charge in [0.05, 0.1) is 11.3 Å². The van der Waals surface area contributed by atoms with Gasteiger partial charge in [0.1, 0.15) is 6.07 Å². The van der Waals surface area contributed by atoms with Gasteiger partial charge in [-0.15, -0.1) is 0 Å². The molecule has 4 heteroatoms. The molecule has 0 aliphatic rings. The monoisotopic (exact) mass is 282 g/mol. The van der Waals surface area contributed by atoms with Crippen molar-refractivity contribution < 1.29 is 5.11 Å². The average Bonchev–Trinajstić information content (AvgIpc) is 2.27. The lowest BCUT2D eigenvalue weighted by atomic mass is 10.1. The van der Waals surface area contributed by atoms with Crippen LogP contribution in [-0.4, -0.2) is 18.3 Å². The van der Waals surface area contributed by atoms with Gasteiger partial charge in [-0.2, -0.15) is 5.26 Å². The van der Waals surface area contributed by atoms with Gasteiger partial charge in [0, 0.05) is 17.6 Å². The minimum absolute atomic E-state index is 0.201. The first-order chi connectivity index (χ1) is 7.67. The van der Waals surface area contributed by atoms with Crippen LogP contribution in [0.4, 0.5) is 5.69 Å². The van der Waals surface area contributed by atoms with Crippen LogP contribution in [0.3, 0.4) is 0 Å². The highest BCUT2D eigenvalue weighted by atomic mass is 79.9. The van der Waals surface area contributed by atoms with E-state index in [-0.39, 0.29) is 6.61 Å². The van der Waals surface area contributed by atoms with Gasteiger partial charge in [-0.1, -0.05) is 22.9 Å². The maximum Gasteiger partial charge on any atom is 0.101 e. The van der Waals surface area contributed by atoms with Crippen molar-refractivity contribution >= 4 is 21.6 Å². The van der Waals surface area contributed by atoms with Crippen LogP contribution in [-0.2, 0) is 0 Å². The molecule has 0 aliphatic heterocycles. The van der Waals surface area contributed by atoms with Crippen LogP contribution < -0.4 is 5.32 Å². The Kier molecular flexibility index (Phi) is 5.30. The number of halogens is 1. The molecule has 86 valence electrons. The van der Waals surface area contributed by atoms with Crippen molar-refractivity contribution in [2.24, 2.45) is 5.92 Å². The molecule has 1 unspecified atom stereocenters. The summed E-state index contributed by atoms with van der Waals surface area (Å²) in [7, 11) is 0. The zero-order valence-corrected chi connectivity index (χ0v) is 10.8. The molecule has 16 heavy (non-hydrogen) atoms. The van der Waals surface area contributed by atoms with Crippen LogP contribution in [0, 0.1) is 17.2 Å². The lowest BCUT2D eigenvalue weighted by molar-refractivity contribution is 0.266. The second kappa shape index (κ2) is 6.51. The van der Waals surface area contributed by atoms with Crippen molar-refractivity contribution in [3.63, 3.8) is 0 Å². The van der Waals surface area contributed by atoms with Crippen LogP contribution >= 0.6 is 15.9 Å². The quantitative estimate of drug-likeness (QED) is 0.873. The Morgan fingerprint density at radius 1 is 1.56 bits per heavy atom. The lowest BCUT2D eigenvalue weighted by Crippen LogP contribution is -2.13. The summed E-state index contributed by atoms with van der Waals surface area (Å²) in [6.45, 7) is 3.02. The van der Waals surface area contributed by atoms with E-state index in [9.17, 15) is 0 Å². The molecule has 1 aromatic rings. The summed E-state index contributed by atoms with van der Waals surface area (Å²) >= 11 is 3.37. The Bertz CT molecular complexity index is 387. The van der Waals surface area contributed by atoms with Crippen molar-refractivity contribution in [2.45, 2.75) is 13.3 Å². The van der Waals surface area contributed by atoms with E-state index in [1.165, 1.54) is 0 Å². The molecule has 0 radical (unpaired) electrons. The minimum Gasteiger partial charge on any atom is -0.396 e. The molecule has 0 fully saturated rings. The summed E-state index contributed by atoms with van der Waals surface area (Å²) < 4.78 is 0.948. The minimum atomic E-state index is 0.201. The number of nitriles is 1. The molecule has 0 bridgehead atoms. The molecule has 0 saturated carbocycles. The highest BCUT2D eigenvalue weighted by Gasteiger charge is 2.05. The number of hydrogen-bond acceptors (Lipinski definition) is 3. The topological polar surface area (TPSA) is 56.0 Å². The van der Waals surface area contributed by atoms with Crippen LogP contribution in [0.5, 0.6) is 0 Å². The van der Waals surface area contributed by atoms with E-state index in [0.717, 1.165) is 23.1 Å². The molecule has 0 aromatic heterocycles. The molecule has 1 rings (SSSR count). The Balaban J connectivity index is 2.66. The smallest absolute Gasteiger partial charge is 0.101 e. The number of nitrogens with one attached hydrogen (secondary N) is 1. The molecular weight excluding hydrogens is 268 g/mol. The summed E-state index contributed by atoms with van der Waals surface area (Å²) in [6, 6.07) is 7.67. The second-order valence-electron chi connectivity index (χ2n) is 3.80. The maximum absolute atomic E-state index is 8.93. The second-order valence-corrected chi connectivity index (χ2v) is 4.72. The average molecular weight is 283 g/mol. The van der Waals surface area contributed by atoms with Gasteiger partial charge < -0.3 is 10.4 Å². The number of aliphatic hydroxyl groups excluding tert-OH is 1. The summed E-state index contributed by atoms with van der Waals surface area (Å²) in [5.41, 5.74) is 1.47. The van der Waals surface area contributed by atoms with E-state index in [4.69, 9.17) is 10.4 Å². The molecule has 0 aliphatic carbocycles. The predicted octanol–water partition coefficient (Wildman–Crippen LogP) is 2.75. The SMILES string of the molecule is CC(CCO)CNc1cc(Br)ccc1C#N. The number of benzene rings is 1. The number of aliphatic hydroxyl groups is 1. The molecule has 1 aromatic carbocycles. The van der Waals surface area contributed by atoms with Crippen LogP contribution in [0.25, 0.3) is 0 Å². The predicted molar refractivity (Wildman–Crippen MR) is 68.2 cm³/mol. The van der Waals surface area contributed by atoms with E-state index in [1.54, 1.807) is 6.07 Å². The number of rotatable bonds is 5. The number of hydrogen-bond donors (Lipinski definition) is 2. The number of anilines is 1. The van der Waals surface area contributed by atoms with Crippen molar-refractivity contribution in [2.75, 3.05) is 18.5 Å². The zero-order chi connectivity index (χ0) is 12.0. The molecule has 0 amide bonds. The Morgan fingerprint density at radius 2 is 2.31 bits per heavy atom. The van der Waals surface area contributed by atoms with E-state index < -0.39 is 0 Å². The van der Waals surface area contributed by atoms with Crippen molar-refractivity contribution in [1.29, 1.82) is 5.26 Å². The molecule has 0 saturated heterocycles. The van der Waals surface area contributed by atoms with Crippen LogP contribution in [0.15, 0.2) is 22.7 Å². The van der Waals surface area contributed by atoms with E-state index >= 15 is 0 Å². The first-order valence-corrected chi connectivity index (χ1v) is 6.01.